The Labute approximate surface area is 114 Å². The number of hydrogen-bond donors (Lipinski definition) is 0. The van der Waals surface area contributed by atoms with E-state index >= 15 is 0 Å². The highest BCUT2D eigenvalue weighted by Crippen LogP contribution is 2.27. The molecule has 0 aromatic heterocycles. The van der Waals surface area contributed by atoms with Crippen molar-refractivity contribution in [3.8, 4) is 0 Å². The summed E-state index contributed by atoms with van der Waals surface area (Å²) in [5.41, 5.74) is 0. The van der Waals surface area contributed by atoms with Crippen LogP contribution in [0.15, 0.2) is 0 Å². The zero-order valence-electron chi connectivity index (χ0n) is 9.37. The molecule has 0 saturated carbocycles. The SMILES string of the molecule is CC1(C)OCC(COC(=O)COC(Cl)(Cl)Cl)O1. The van der Waals surface area contributed by atoms with Crippen molar-refractivity contribution in [1.82, 2.24) is 0 Å². The van der Waals surface area contributed by atoms with E-state index < -0.39 is 22.3 Å². The fraction of sp³-hybridized carbons (Fsp3) is 0.889. The minimum Gasteiger partial charge on any atom is -0.461 e. The second-order valence-electron chi connectivity index (χ2n) is 3.87. The minimum absolute atomic E-state index is 0.0749. The van der Waals surface area contributed by atoms with Gasteiger partial charge in [-0.2, -0.15) is 0 Å². The third kappa shape index (κ3) is 6.64. The zero-order valence-corrected chi connectivity index (χ0v) is 11.6. The molecule has 1 fully saturated rings. The monoisotopic (exact) mass is 306 g/mol. The highest BCUT2D eigenvalue weighted by molar-refractivity contribution is 6.66. The lowest BCUT2D eigenvalue weighted by molar-refractivity contribution is -0.161. The van der Waals surface area contributed by atoms with Gasteiger partial charge in [0.05, 0.1) is 6.61 Å². The van der Waals surface area contributed by atoms with Gasteiger partial charge in [-0.25, -0.2) is 4.79 Å². The quantitative estimate of drug-likeness (QED) is 0.587. The summed E-state index contributed by atoms with van der Waals surface area (Å²) in [5.74, 6) is -1.28. The molecule has 1 saturated heterocycles. The fourth-order valence-electron chi connectivity index (χ4n) is 1.21. The van der Waals surface area contributed by atoms with E-state index in [9.17, 15) is 4.79 Å². The van der Waals surface area contributed by atoms with Crippen LogP contribution in [0.1, 0.15) is 13.8 Å². The molecule has 1 aliphatic heterocycles. The summed E-state index contributed by atoms with van der Waals surface area (Å²) in [6, 6.07) is 0. The zero-order chi connectivity index (χ0) is 13.1. The van der Waals surface area contributed by atoms with Crippen molar-refractivity contribution < 1.29 is 23.7 Å². The summed E-state index contributed by atoms with van der Waals surface area (Å²) < 4.78 is 18.3. The van der Waals surface area contributed by atoms with Gasteiger partial charge in [-0.3, -0.25) is 0 Å². The largest absolute Gasteiger partial charge is 0.461 e. The molecule has 0 aliphatic carbocycles. The van der Waals surface area contributed by atoms with E-state index in [1.807, 2.05) is 0 Å². The molecule has 0 bridgehead atoms. The van der Waals surface area contributed by atoms with Crippen LogP contribution >= 0.6 is 34.8 Å². The molecule has 0 aromatic carbocycles. The molecule has 1 rings (SSSR count). The fourth-order valence-corrected chi connectivity index (χ4v) is 1.38. The van der Waals surface area contributed by atoms with Gasteiger partial charge in [0, 0.05) is 0 Å². The van der Waals surface area contributed by atoms with E-state index in [0.717, 1.165) is 0 Å². The first kappa shape index (κ1) is 15.3. The van der Waals surface area contributed by atoms with Crippen molar-refractivity contribution in [3.63, 3.8) is 0 Å². The minimum atomic E-state index is -1.92. The number of hydrogen-bond acceptors (Lipinski definition) is 5. The molecule has 17 heavy (non-hydrogen) atoms. The van der Waals surface area contributed by atoms with E-state index in [-0.39, 0.29) is 12.7 Å². The number of alkyl halides is 3. The molecule has 0 radical (unpaired) electrons. The van der Waals surface area contributed by atoms with E-state index in [1.54, 1.807) is 13.8 Å². The van der Waals surface area contributed by atoms with Gasteiger partial charge >= 0.3 is 5.97 Å². The standard InChI is InChI=1S/C9H13Cl3O5/c1-8(2)15-4-6(17-8)3-14-7(13)5-16-9(10,11)12/h6H,3-5H2,1-2H3. The second kappa shape index (κ2) is 5.91. The van der Waals surface area contributed by atoms with Crippen LogP contribution < -0.4 is 0 Å². The molecule has 5 nitrogen and oxygen atoms in total. The Kier molecular flexibility index (Phi) is 5.31. The predicted molar refractivity (Wildman–Crippen MR) is 62.1 cm³/mol. The number of carbonyl (C=O) groups excluding carboxylic acids is 1. The molecule has 1 heterocycles. The number of carbonyl (C=O) groups is 1. The summed E-state index contributed by atoms with van der Waals surface area (Å²) in [4.78, 5) is 11.2. The first-order valence-electron chi connectivity index (χ1n) is 4.86. The molecule has 100 valence electrons. The van der Waals surface area contributed by atoms with Crippen LogP contribution in [-0.4, -0.2) is 41.7 Å². The lowest BCUT2D eigenvalue weighted by atomic mass is 10.4. The van der Waals surface area contributed by atoms with Crippen LogP contribution in [0.4, 0.5) is 0 Å². The lowest BCUT2D eigenvalue weighted by Gasteiger charge is -2.17. The maximum Gasteiger partial charge on any atom is 0.332 e. The summed E-state index contributed by atoms with van der Waals surface area (Å²) in [6.45, 7) is 3.56. The van der Waals surface area contributed by atoms with Crippen LogP contribution in [0, 0.1) is 0 Å². The number of halogens is 3. The Hall–Kier alpha value is 0.220. The lowest BCUT2D eigenvalue weighted by Crippen LogP contribution is -2.27. The van der Waals surface area contributed by atoms with Gasteiger partial charge in [-0.05, 0) is 13.8 Å². The predicted octanol–water partition coefficient (Wildman–Crippen LogP) is 2.03. The topological polar surface area (TPSA) is 54.0 Å². The van der Waals surface area contributed by atoms with Gasteiger partial charge in [0.15, 0.2) is 5.79 Å². The van der Waals surface area contributed by atoms with Gasteiger partial charge in [0.2, 0.25) is 0 Å². The highest BCUT2D eigenvalue weighted by atomic mass is 35.6. The Morgan fingerprint density at radius 3 is 2.59 bits per heavy atom. The first-order valence-corrected chi connectivity index (χ1v) is 5.99. The number of esters is 1. The van der Waals surface area contributed by atoms with Crippen LogP contribution in [0.2, 0.25) is 0 Å². The van der Waals surface area contributed by atoms with Crippen LogP contribution in [0.25, 0.3) is 0 Å². The van der Waals surface area contributed by atoms with E-state index in [1.165, 1.54) is 0 Å². The summed E-state index contributed by atoms with van der Waals surface area (Å²) in [6.07, 6.45) is -0.290. The third-order valence-electron chi connectivity index (χ3n) is 1.85. The van der Waals surface area contributed by atoms with Crippen LogP contribution in [0.3, 0.4) is 0 Å². The van der Waals surface area contributed by atoms with E-state index in [4.69, 9.17) is 49.0 Å². The maximum absolute atomic E-state index is 11.2. The molecule has 0 N–H and O–H groups in total. The molecule has 8 heteroatoms. The van der Waals surface area contributed by atoms with Crippen LogP contribution in [0.5, 0.6) is 0 Å². The average molecular weight is 308 g/mol. The van der Waals surface area contributed by atoms with Crippen molar-refractivity contribution in [2.24, 2.45) is 0 Å². The molecule has 1 aliphatic rings. The molecule has 1 atom stereocenters. The summed E-state index contributed by atoms with van der Waals surface area (Å²) >= 11 is 15.9. The van der Waals surface area contributed by atoms with Crippen molar-refractivity contribution in [3.05, 3.63) is 0 Å². The molecule has 0 spiro atoms. The van der Waals surface area contributed by atoms with Gasteiger partial charge in [0.25, 0.3) is 3.98 Å². The normalized spacial score (nSPS) is 23.7. The van der Waals surface area contributed by atoms with Crippen molar-refractivity contribution in [2.75, 3.05) is 19.8 Å². The van der Waals surface area contributed by atoms with Crippen LogP contribution in [-0.2, 0) is 23.7 Å². The molecule has 0 amide bonds. The second-order valence-corrected chi connectivity index (χ2v) is 6.05. The Morgan fingerprint density at radius 1 is 1.47 bits per heavy atom. The highest BCUT2D eigenvalue weighted by Gasteiger charge is 2.33. The van der Waals surface area contributed by atoms with Crippen molar-refractivity contribution in [1.29, 1.82) is 0 Å². The molecular weight excluding hydrogens is 294 g/mol. The first-order chi connectivity index (χ1) is 7.68. The molecule has 1 unspecified atom stereocenters. The van der Waals surface area contributed by atoms with Crippen molar-refractivity contribution in [2.45, 2.75) is 29.7 Å². The summed E-state index contributed by atoms with van der Waals surface area (Å²) in [5, 5.41) is 0. The Bertz CT molecular complexity index is 276. The van der Waals surface area contributed by atoms with Crippen molar-refractivity contribution >= 4 is 40.8 Å². The molecular formula is C9H13Cl3O5. The van der Waals surface area contributed by atoms with Gasteiger partial charge in [-0.1, -0.05) is 34.8 Å². The van der Waals surface area contributed by atoms with Gasteiger partial charge < -0.3 is 18.9 Å². The maximum atomic E-state index is 11.2. The van der Waals surface area contributed by atoms with E-state index in [2.05, 4.69) is 4.74 Å². The Morgan fingerprint density at radius 2 is 2.12 bits per heavy atom. The van der Waals surface area contributed by atoms with E-state index in [0.29, 0.717) is 6.61 Å². The van der Waals surface area contributed by atoms with Gasteiger partial charge in [-0.15, -0.1) is 0 Å². The number of rotatable bonds is 4. The smallest absolute Gasteiger partial charge is 0.332 e. The number of ether oxygens (including phenoxy) is 4. The molecule has 0 aromatic rings. The third-order valence-corrected chi connectivity index (χ3v) is 2.18. The average Bonchev–Trinajstić information content (AvgIpc) is 2.51. The Balaban J connectivity index is 2.17. The summed E-state index contributed by atoms with van der Waals surface area (Å²) in [7, 11) is 0. The van der Waals surface area contributed by atoms with Gasteiger partial charge in [0.1, 0.15) is 19.3 Å².